The summed E-state index contributed by atoms with van der Waals surface area (Å²) < 4.78 is 5.29. The van der Waals surface area contributed by atoms with Crippen molar-refractivity contribution in [1.82, 2.24) is 9.97 Å². The molecule has 6 nitrogen and oxygen atoms in total. The number of carbonyl (C=O) groups excluding carboxylic acids is 1. The van der Waals surface area contributed by atoms with Crippen molar-refractivity contribution in [3.63, 3.8) is 0 Å². The number of nitrogens with two attached hydrogens (primary N) is 1. The first-order valence-electron chi connectivity index (χ1n) is 6.06. The van der Waals surface area contributed by atoms with Gasteiger partial charge in [-0.1, -0.05) is 13.8 Å². The number of hydrogen-bond acceptors (Lipinski definition) is 5. The fraction of sp³-hybridized carbons (Fsp3) is 0.583. The number of hydrogen-bond donors (Lipinski definition) is 1. The minimum Gasteiger partial charge on any atom is -0.377 e. The van der Waals surface area contributed by atoms with Crippen LogP contribution in [0.15, 0.2) is 12.3 Å². The molecule has 6 heteroatoms. The number of nitrogens with zero attached hydrogens (tertiary/aromatic N) is 3. The molecule has 0 unspecified atom stereocenters. The summed E-state index contributed by atoms with van der Waals surface area (Å²) in [4.78, 5) is 22.0. The molecule has 1 saturated heterocycles. The zero-order valence-corrected chi connectivity index (χ0v) is 10.7. The van der Waals surface area contributed by atoms with E-state index in [1.807, 2.05) is 18.7 Å². The van der Waals surface area contributed by atoms with Crippen molar-refractivity contribution >= 4 is 11.7 Å². The monoisotopic (exact) mass is 250 g/mol. The first-order chi connectivity index (χ1) is 8.59. The molecule has 1 amide bonds. The van der Waals surface area contributed by atoms with Gasteiger partial charge in [0.2, 0.25) is 5.91 Å². The van der Waals surface area contributed by atoms with E-state index in [-0.39, 0.29) is 11.8 Å². The average molecular weight is 250 g/mol. The van der Waals surface area contributed by atoms with Gasteiger partial charge in [-0.3, -0.25) is 4.79 Å². The van der Waals surface area contributed by atoms with Crippen LogP contribution < -0.4 is 10.6 Å². The normalized spacial score (nSPS) is 20.2. The quantitative estimate of drug-likeness (QED) is 0.834. The summed E-state index contributed by atoms with van der Waals surface area (Å²) in [7, 11) is 0. The standard InChI is InChI=1S/C12H18N4O2/c1-8(2)12-14-4-3-10(15-12)16-5-6-18-7-9(16)11(13)17/h3-4,8-9H,5-7H2,1-2H3,(H2,13,17)/t9-/m0/s1. The third-order valence-electron chi connectivity index (χ3n) is 2.93. The Morgan fingerprint density at radius 2 is 2.39 bits per heavy atom. The summed E-state index contributed by atoms with van der Waals surface area (Å²) in [6.45, 7) is 5.57. The van der Waals surface area contributed by atoms with Crippen LogP contribution in [0.3, 0.4) is 0 Å². The van der Waals surface area contributed by atoms with E-state index in [9.17, 15) is 4.79 Å². The minimum absolute atomic E-state index is 0.248. The highest BCUT2D eigenvalue weighted by Crippen LogP contribution is 2.19. The second-order valence-electron chi connectivity index (χ2n) is 4.61. The van der Waals surface area contributed by atoms with Gasteiger partial charge in [-0.2, -0.15) is 0 Å². The molecule has 0 spiro atoms. The lowest BCUT2D eigenvalue weighted by atomic mass is 10.2. The predicted octanol–water partition coefficient (Wildman–Crippen LogP) is 0.290. The minimum atomic E-state index is -0.450. The number of primary amides is 1. The SMILES string of the molecule is CC(C)c1nccc(N2CCOC[C@H]2C(N)=O)n1. The van der Waals surface area contributed by atoms with Crippen molar-refractivity contribution in [2.75, 3.05) is 24.7 Å². The Morgan fingerprint density at radius 1 is 1.61 bits per heavy atom. The maximum Gasteiger partial charge on any atom is 0.242 e. The highest BCUT2D eigenvalue weighted by Gasteiger charge is 2.28. The van der Waals surface area contributed by atoms with Gasteiger partial charge in [0.25, 0.3) is 0 Å². The largest absolute Gasteiger partial charge is 0.377 e. The summed E-state index contributed by atoms with van der Waals surface area (Å²) in [5, 5.41) is 0. The highest BCUT2D eigenvalue weighted by molar-refractivity contribution is 5.83. The van der Waals surface area contributed by atoms with Gasteiger partial charge in [0, 0.05) is 18.7 Å². The number of ether oxygens (including phenoxy) is 1. The Labute approximate surface area is 106 Å². The highest BCUT2D eigenvalue weighted by atomic mass is 16.5. The molecular weight excluding hydrogens is 232 g/mol. The van der Waals surface area contributed by atoms with E-state index in [0.717, 1.165) is 11.6 Å². The smallest absolute Gasteiger partial charge is 0.242 e. The molecular formula is C12H18N4O2. The van der Waals surface area contributed by atoms with Crippen LogP contribution in [-0.4, -0.2) is 41.7 Å². The van der Waals surface area contributed by atoms with Crippen LogP contribution in [0.1, 0.15) is 25.6 Å². The van der Waals surface area contributed by atoms with Crippen molar-refractivity contribution in [2.24, 2.45) is 5.73 Å². The third kappa shape index (κ3) is 2.59. The Hall–Kier alpha value is -1.69. The summed E-state index contributed by atoms with van der Waals surface area (Å²) in [5.74, 6) is 1.36. The lowest BCUT2D eigenvalue weighted by Crippen LogP contribution is -2.53. The lowest BCUT2D eigenvalue weighted by Gasteiger charge is -2.34. The van der Waals surface area contributed by atoms with Crippen LogP contribution in [0.25, 0.3) is 0 Å². The fourth-order valence-corrected chi connectivity index (χ4v) is 1.92. The molecule has 0 radical (unpaired) electrons. The van der Waals surface area contributed by atoms with Crippen molar-refractivity contribution in [3.05, 3.63) is 18.1 Å². The van der Waals surface area contributed by atoms with Gasteiger partial charge < -0.3 is 15.4 Å². The maximum absolute atomic E-state index is 11.4. The van der Waals surface area contributed by atoms with Crippen LogP contribution in [0, 0.1) is 0 Å². The van der Waals surface area contributed by atoms with Gasteiger partial charge in [0.05, 0.1) is 13.2 Å². The van der Waals surface area contributed by atoms with E-state index >= 15 is 0 Å². The number of rotatable bonds is 3. The first kappa shape index (κ1) is 12.8. The summed E-state index contributed by atoms with van der Waals surface area (Å²) in [6, 6.07) is 1.35. The number of anilines is 1. The summed E-state index contributed by atoms with van der Waals surface area (Å²) in [5.41, 5.74) is 5.39. The van der Waals surface area contributed by atoms with Gasteiger partial charge >= 0.3 is 0 Å². The van der Waals surface area contributed by atoms with E-state index < -0.39 is 6.04 Å². The number of amides is 1. The van der Waals surface area contributed by atoms with E-state index in [0.29, 0.717) is 19.8 Å². The Balaban J connectivity index is 2.28. The van der Waals surface area contributed by atoms with Crippen LogP contribution in [0.2, 0.25) is 0 Å². The van der Waals surface area contributed by atoms with Gasteiger partial charge in [0.1, 0.15) is 17.7 Å². The van der Waals surface area contributed by atoms with Crippen molar-refractivity contribution in [2.45, 2.75) is 25.8 Å². The Kier molecular flexibility index (Phi) is 3.76. The molecule has 1 atom stereocenters. The van der Waals surface area contributed by atoms with Gasteiger partial charge in [-0.15, -0.1) is 0 Å². The molecule has 1 aromatic rings. The van der Waals surface area contributed by atoms with E-state index in [1.165, 1.54) is 0 Å². The first-order valence-corrected chi connectivity index (χ1v) is 6.06. The van der Waals surface area contributed by atoms with Crippen molar-refractivity contribution < 1.29 is 9.53 Å². The second-order valence-corrected chi connectivity index (χ2v) is 4.61. The van der Waals surface area contributed by atoms with Crippen molar-refractivity contribution in [3.8, 4) is 0 Å². The van der Waals surface area contributed by atoms with Gasteiger partial charge in [-0.25, -0.2) is 9.97 Å². The van der Waals surface area contributed by atoms with Crippen LogP contribution in [0.5, 0.6) is 0 Å². The maximum atomic E-state index is 11.4. The number of aromatic nitrogens is 2. The van der Waals surface area contributed by atoms with Crippen LogP contribution in [-0.2, 0) is 9.53 Å². The average Bonchev–Trinajstić information content (AvgIpc) is 2.39. The fourth-order valence-electron chi connectivity index (χ4n) is 1.92. The molecule has 1 fully saturated rings. The van der Waals surface area contributed by atoms with Gasteiger partial charge in [0.15, 0.2) is 0 Å². The molecule has 2 rings (SSSR count). The summed E-state index contributed by atoms with van der Waals surface area (Å²) >= 11 is 0. The Bertz CT molecular complexity index is 436. The molecule has 0 saturated carbocycles. The van der Waals surface area contributed by atoms with E-state index in [1.54, 1.807) is 12.3 Å². The predicted molar refractivity (Wildman–Crippen MR) is 67.3 cm³/mol. The van der Waals surface area contributed by atoms with Gasteiger partial charge in [-0.05, 0) is 6.07 Å². The number of morpholine rings is 1. The molecule has 0 bridgehead atoms. The van der Waals surface area contributed by atoms with E-state index in [2.05, 4.69) is 9.97 Å². The number of carbonyl (C=O) groups is 1. The second kappa shape index (κ2) is 5.30. The van der Waals surface area contributed by atoms with Crippen molar-refractivity contribution in [1.29, 1.82) is 0 Å². The van der Waals surface area contributed by atoms with Crippen LogP contribution >= 0.6 is 0 Å². The molecule has 1 aliphatic heterocycles. The zero-order chi connectivity index (χ0) is 13.1. The molecule has 0 aliphatic carbocycles. The van der Waals surface area contributed by atoms with Crippen LogP contribution in [0.4, 0.5) is 5.82 Å². The molecule has 18 heavy (non-hydrogen) atoms. The van der Waals surface area contributed by atoms with E-state index in [4.69, 9.17) is 10.5 Å². The zero-order valence-electron chi connectivity index (χ0n) is 10.7. The molecule has 1 aliphatic rings. The molecule has 2 heterocycles. The Morgan fingerprint density at radius 3 is 3.06 bits per heavy atom. The lowest BCUT2D eigenvalue weighted by molar-refractivity contribution is -0.121. The third-order valence-corrected chi connectivity index (χ3v) is 2.93. The topological polar surface area (TPSA) is 81.3 Å². The molecule has 98 valence electrons. The molecule has 2 N–H and O–H groups in total. The molecule has 0 aromatic carbocycles. The summed E-state index contributed by atoms with van der Waals surface area (Å²) in [6.07, 6.45) is 1.71. The molecule has 1 aromatic heterocycles.